The molecule has 1 atom stereocenters. The second kappa shape index (κ2) is 8.80. The summed E-state index contributed by atoms with van der Waals surface area (Å²) in [4.78, 5) is 29.7. The summed E-state index contributed by atoms with van der Waals surface area (Å²) in [6.07, 6.45) is 0. The molecule has 2 amide bonds. The van der Waals surface area contributed by atoms with Gasteiger partial charge in [-0.3, -0.25) is 9.59 Å². The molecule has 1 unspecified atom stereocenters. The lowest BCUT2D eigenvalue weighted by Gasteiger charge is -2.31. The van der Waals surface area contributed by atoms with E-state index in [1.807, 2.05) is 65.4 Å². The number of methoxy groups -OCH3 is 1. The third-order valence-corrected chi connectivity index (χ3v) is 6.68. The van der Waals surface area contributed by atoms with E-state index in [0.717, 1.165) is 16.2 Å². The maximum atomic E-state index is 12.8. The van der Waals surface area contributed by atoms with E-state index < -0.39 is 0 Å². The fraction of sp³-hybridized carbons (Fsp3) is 0.400. The van der Waals surface area contributed by atoms with Crippen molar-refractivity contribution in [1.82, 2.24) is 9.80 Å². The zero-order valence-corrected chi connectivity index (χ0v) is 17.4. The minimum Gasteiger partial charge on any atom is -0.497 e. The molecule has 144 valence electrons. The molecule has 27 heavy (non-hydrogen) atoms. The van der Waals surface area contributed by atoms with Crippen molar-refractivity contribution in [3.05, 3.63) is 52.2 Å². The molecule has 2 heterocycles. The zero-order valence-electron chi connectivity index (χ0n) is 15.8. The highest BCUT2D eigenvalue weighted by molar-refractivity contribution is 8.00. The van der Waals surface area contributed by atoms with Crippen molar-refractivity contribution < 1.29 is 14.3 Å². The van der Waals surface area contributed by atoms with Crippen LogP contribution in [0.5, 0.6) is 5.75 Å². The summed E-state index contributed by atoms with van der Waals surface area (Å²) in [5.74, 6) is 1.41. The fourth-order valence-corrected chi connectivity index (χ4v) is 4.99. The fourth-order valence-electron chi connectivity index (χ4n) is 3.09. The molecule has 1 aliphatic heterocycles. The highest BCUT2D eigenvalue weighted by Gasteiger charge is 2.33. The molecule has 1 fully saturated rings. The van der Waals surface area contributed by atoms with E-state index in [0.29, 0.717) is 18.8 Å². The van der Waals surface area contributed by atoms with Crippen molar-refractivity contribution in [1.29, 1.82) is 0 Å². The first-order valence-corrected chi connectivity index (χ1v) is 10.8. The van der Waals surface area contributed by atoms with Crippen LogP contribution in [-0.2, 0) is 4.79 Å². The van der Waals surface area contributed by atoms with Gasteiger partial charge in [-0.1, -0.05) is 18.2 Å². The second-order valence-electron chi connectivity index (χ2n) is 6.59. The number of thioether (sulfide) groups is 1. The number of hydrogen-bond acceptors (Lipinski definition) is 5. The number of carbonyl (C=O) groups is 2. The average Bonchev–Trinajstić information content (AvgIpc) is 3.32. The number of hydrogen-bond donors (Lipinski definition) is 0. The van der Waals surface area contributed by atoms with Gasteiger partial charge in [-0.2, -0.15) is 0 Å². The zero-order chi connectivity index (χ0) is 19.4. The van der Waals surface area contributed by atoms with Gasteiger partial charge in [-0.25, -0.2) is 0 Å². The third kappa shape index (κ3) is 4.47. The maximum Gasteiger partial charge on any atom is 0.264 e. The van der Waals surface area contributed by atoms with Crippen LogP contribution in [0.4, 0.5) is 0 Å². The van der Waals surface area contributed by atoms with Crippen LogP contribution >= 0.6 is 23.1 Å². The molecule has 5 nitrogen and oxygen atoms in total. The Balaban J connectivity index is 1.71. The molecule has 1 aliphatic rings. The number of thiophene rings is 1. The lowest BCUT2D eigenvalue weighted by atomic mass is 10.2. The summed E-state index contributed by atoms with van der Waals surface area (Å²) in [7, 11) is 1.64. The predicted molar refractivity (Wildman–Crippen MR) is 110 cm³/mol. The van der Waals surface area contributed by atoms with Crippen LogP contribution in [0.2, 0.25) is 0 Å². The van der Waals surface area contributed by atoms with Gasteiger partial charge in [0.25, 0.3) is 5.91 Å². The van der Waals surface area contributed by atoms with Gasteiger partial charge >= 0.3 is 0 Å². The Morgan fingerprint density at radius 2 is 2.04 bits per heavy atom. The van der Waals surface area contributed by atoms with Crippen molar-refractivity contribution in [3.63, 3.8) is 0 Å². The molecule has 0 saturated carbocycles. The summed E-state index contributed by atoms with van der Waals surface area (Å²) in [6, 6.07) is 11.6. The summed E-state index contributed by atoms with van der Waals surface area (Å²) in [5.41, 5.74) is 1.08. The van der Waals surface area contributed by atoms with E-state index >= 15 is 0 Å². The molecule has 1 aromatic heterocycles. The Morgan fingerprint density at radius 1 is 1.30 bits per heavy atom. The van der Waals surface area contributed by atoms with Gasteiger partial charge in [0, 0.05) is 19.1 Å². The quantitative estimate of drug-likeness (QED) is 0.703. The number of rotatable bonds is 7. The highest BCUT2D eigenvalue weighted by atomic mass is 32.2. The molecule has 0 aliphatic carbocycles. The van der Waals surface area contributed by atoms with Crippen LogP contribution in [0.1, 0.15) is 34.5 Å². The van der Waals surface area contributed by atoms with Crippen molar-refractivity contribution in [2.45, 2.75) is 25.3 Å². The van der Waals surface area contributed by atoms with Gasteiger partial charge in [0.1, 0.15) is 11.1 Å². The van der Waals surface area contributed by atoms with E-state index in [1.54, 1.807) is 18.9 Å². The van der Waals surface area contributed by atoms with Gasteiger partial charge in [0.05, 0.1) is 17.7 Å². The maximum absolute atomic E-state index is 12.8. The molecule has 2 aromatic rings. The minimum absolute atomic E-state index is 0.0192. The van der Waals surface area contributed by atoms with E-state index in [-0.39, 0.29) is 23.2 Å². The summed E-state index contributed by atoms with van der Waals surface area (Å²) >= 11 is 3.07. The SMILES string of the molecule is COc1ccc(C2SCC(=O)N2CCN(C(=O)c2cccs2)C(C)C)cc1. The largest absolute Gasteiger partial charge is 0.497 e. The Kier molecular flexibility index (Phi) is 6.44. The molecular weight excluding hydrogens is 380 g/mol. The van der Waals surface area contributed by atoms with Crippen molar-refractivity contribution in [2.24, 2.45) is 0 Å². The van der Waals surface area contributed by atoms with Crippen LogP contribution in [0.25, 0.3) is 0 Å². The number of ether oxygens (including phenoxy) is 1. The van der Waals surface area contributed by atoms with Gasteiger partial charge in [0.2, 0.25) is 5.91 Å². The van der Waals surface area contributed by atoms with Crippen molar-refractivity contribution in [2.75, 3.05) is 26.0 Å². The molecule has 0 radical (unpaired) electrons. The summed E-state index contributed by atoms with van der Waals surface area (Å²) in [6.45, 7) is 5.06. The van der Waals surface area contributed by atoms with Gasteiger partial charge in [-0.15, -0.1) is 23.1 Å². The number of benzene rings is 1. The Labute approximate surface area is 168 Å². The smallest absolute Gasteiger partial charge is 0.264 e. The van der Waals surface area contributed by atoms with Crippen LogP contribution < -0.4 is 4.74 Å². The minimum atomic E-state index is -0.0192. The lowest BCUT2D eigenvalue weighted by molar-refractivity contribution is -0.128. The summed E-state index contributed by atoms with van der Waals surface area (Å²) < 4.78 is 5.22. The third-order valence-electron chi connectivity index (χ3n) is 4.57. The summed E-state index contributed by atoms with van der Waals surface area (Å²) in [5, 5.41) is 1.89. The molecule has 3 rings (SSSR count). The van der Waals surface area contributed by atoms with Crippen LogP contribution in [-0.4, -0.2) is 53.6 Å². The Morgan fingerprint density at radius 3 is 2.63 bits per heavy atom. The highest BCUT2D eigenvalue weighted by Crippen LogP contribution is 2.38. The number of amides is 2. The molecule has 0 N–H and O–H groups in total. The van der Waals surface area contributed by atoms with E-state index in [1.165, 1.54) is 11.3 Å². The molecule has 7 heteroatoms. The van der Waals surface area contributed by atoms with Crippen LogP contribution in [0.15, 0.2) is 41.8 Å². The normalized spacial score (nSPS) is 16.8. The van der Waals surface area contributed by atoms with Crippen LogP contribution in [0.3, 0.4) is 0 Å². The first-order valence-electron chi connectivity index (χ1n) is 8.90. The Bertz CT molecular complexity index is 775. The molecular formula is C20H24N2O3S2. The molecule has 0 bridgehead atoms. The Hall–Kier alpha value is -1.99. The van der Waals surface area contributed by atoms with Crippen LogP contribution in [0, 0.1) is 0 Å². The number of nitrogens with zero attached hydrogens (tertiary/aromatic N) is 2. The first-order chi connectivity index (χ1) is 13.0. The first kappa shape index (κ1) is 19.8. The van der Waals surface area contributed by atoms with Crippen molar-refractivity contribution in [3.8, 4) is 5.75 Å². The van der Waals surface area contributed by atoms with Crippen molar-refractivity contribution >= 4 is 34.9 Å². The monoisotopic (exact) mass is 404 g/mol. The topological polar surface area (TPSA) is 49.9 Å². The average molecular weight is 405 g/mol. The lowest BCUT2D eigenvalue weighted by Crippen LogP contribution is -2.43. The predicted octanol–water partition coefficient (Wildman–Crippen LogP) is 3.88. The second-order valence-corrected chi connectivity index (χ2v) is 8.61. The van der Waals surface area contributed by atoms with E-state index in [9.17, 15) is 9.59 Å². The molecule has 0 spiro atoms. The number of carbonyl (C=O) groups excluding carboxylic acids is 2. The molecule has 1 aromatic carbocycles. The van der Waals surface area contributed by atoms with Gasteiger partial charge in [0.15, 0.2) is 0 Å². The van der Waals surface area contributed by atoms with Gasteiger partial charge < -0.3 is 14.5 Å². The molecule has 1 saturated heterocycles. The standard InChI is InChI=1S/C20H24N2O3S2/c1-14(2)21(19(24)17-5-4-12-26-17)10-11-22-18(23)13-27-20(22)15-6-8-16(25-3)9-7-15/h4-9,12,14,20H,10-11,13H2,1-3H3. The van der Waals surface area contributed by atoms with E-state index in [2.05, 4.69) is 0 Å². The van der Waals surface area contributed by atoms with E-state index in [4.69, 9.17) is 4.74 Å². The van der Waals surface area contributed by atoms with Gasteiger partial charge in [-0.05, 0) is 43.0 Å².